The largest absolute Gasteiger partial charge is 0.399 e. The van der Waals surface area contributed by atoms with Gasteiger partial charge in [0.25, 0.3) is 0 Å². The van der Waals surface area contributed by atoms with Crippen LogP contribution in [-0.2, 0) is 4.79 Å². The van der Waals surface area contributed by atoms with Gasteiger partial charge in [0.05, 0.1) is 6.42 Å². The number of hydrogen-bond acceptors (Lipinski definition) is 3. The highest BCUT2D eigenvalue weighted by atomic mass is 16.1. The van der Waals surface area contributed by atoms with Gasteiger partial charge in [-0.3, -0.25) is 9.59 Å². The van der Waals surface area contributed by atoms with Crippen LogP contribution in [0.15, 0.2) is 24.3 Å². The summed E-state index contributed by atoms with van der Waals surface area (Å²) in [5, 5.41) is 0. The lowest BCUT2D eigenvalue weighted by atomic mass is 10.1. The molecule has 1 rings (SSSR count). The molecule has 0 aliphatic rings. The topological polar surface area (TPSA) is 60.2 Å². The van der Waals surface area contributed by atoms with Gasteiger partial charge in [0.1, 0.15) is 0 Å². The molecule has 0 saturated carbocycles. The van der Waals surface area contributed by atoms with Crippen LogP contribution in [0.1, 0.15) is 16.8 Å². The van der Waals surface area contributed by atoms with Gasteiger partial charge in [0, 0.05) is 11.3 Å². The van der Waals surface area contributed by atoms with Crippen LogP contribution in [0.4, 0.5) is 5.69 Å². The maximum Gasteiger partial charge on any atom is 0.206 e. The highest BCUT2D eigenvalue weighted by Crippen LogP contribution is 2.06. The van der Waals surface area contributed by atoms with Gasteiger partial charge >= 0.3 is 0 Å². The summed E-state index contributed by atoms with van der Waals surface area (Å²) >= 11 is 0. The van der Waals surface area contributed by atoms with Gasteiger partial charge in [-0.25, -0.2) is 0 Å². The summed E-state index contributed by atoms with van der Waals surface area (Å²) in [5.74, 6) is -0.231. The maximum absolute atomic E-state index is 11.1. The van der Waals surface area contributed by atoms with Crippen molar-refractivity contribution in [3.63, 3.8) is 0 Å². The predicted molar refractivity (Wildman–Crippen MR) is 45.5 cm³/mol. The Morgan fingerprint density at radius 1 is 1.33 bits per heavy atom. The smallest absolute Gasteiger partial charge is 0.206 e. The first kappa shape index (κ1) is 8.46. The number of carbonyl (C=O) groups is 1. The lowest BCUT2D eigenvalue weighted by Gasteiger charge is -1.96. The zero-order chi connectivity index (χ0) is 8.97. The first-order chi connectivity index (χ1) is 5.74. The number of Topliss-reactive ketones (excluding diaryl/α,β-unsaturated/α-hetero) is 1. The van der Waals surface area contributed by atoms with Crippen molar-refractivity contribution in [3.8, 4) is 0 Å². The number of nitrogens with two attached hydrogens (primary N) is 1. The van der Waals surface area contributed by atoms with Crippen molar-refractivity contribution in [2.75, 3.05) is 5.73 Å². The number of nitrogen functional groups attached to an aromatic ring is 1. The number of hydrogen-bond donors (Lipinski definition) is 1. The van der Waals surface area contributed by atoms with Gasteiger partial charge < -0.3 is 5.73 Å². The molecule has 0 spiro atoms. The van der Waals surface area contributed by atoms with Crippen LogP contribution in [-0.4, -0.2) is 12.1 Å². The van der Waals surface area contributed by atoms with Gasteiger partial charge in [-0.15, -0.1) is 0 Å². The van der Waals surface area contributed by atoms with E-state index in [0.717, 1.165) is 0 Å². The number of anilines is 1. The summed E-state index contributed by atoms with van der Waals surface area (Å²) in [4.78, 5) is 20.9. The molecule has 0 amide bonds. The van der Waals surface area contributed by atoms with Crippen molar-refractivity contribution in [2.24, 2.45) is 0 Å². The molecule has 1 aromatic carbocycles. The van der Waals surface area contributed by atoms with E-state index in [9.17, 15) is 9.59 Å². The third-order valence-corrected chi connectivity index (χ3v) is 1.47. The molecule has 0 aliphatic carbocycles. The van der Waals surface area contributed by atoms with Crippen molar-refractivity contribution in [2.45, 2.75) is 6.42 Å². The Bertz CT molecular complexity index is 290. The molecular formula is C9H8NO2. The normalized spacial score (nSPS) is 9.33. The Hall–Kier alpha value is -1.64. The molecule has 0 atom stereocenters. The Morgan fingerprint density at radius 3 is 2.42 bits per heavy atom. The van der Waals surface area contributed by atoms with E-state index in [4.69, 9.17) is 5.73 Å². The van der Waals surface area contributed by atoms with Crippen LogP contribution < -0.4 is 5.73 Å². The van der Waals surface area contributed by atoms with Crippen molar-refractivity contribution in [1.82, 2.24) is 0 Å². The van der Waals surface area contributed by atoms with Crippen LogP contribution in [0.5, 0.6) is 0 Å². The standard InChI is InChI=1S/C9H8NO2/c10-8-3-1-7(2-4-8)9(12)5-6-11/h1-4H,5,10H2. The molecule has 3 nitrogen and oxygen atoms in total. The van der Waals surface area contributed by atoms with Crippen LogP contribution >= 0.6 is 0 Å². The van der Waals surface area contributed by atoms with E-state index in [-0.39, 0.29) is 12.2 Å². The monoisotopic (exact) mass is 162 g/mol. The quantitative estimate of drug-likeness (QED) is 0.409. The summed E-state index contributed by atoms with van der Waals surface area (Å²) in [6, 6.07) is 6.43. The van der Waals surface area contributed by atoms with Crippen molar-refractivity contribution in [3.05, 3.63) is 29.8 Å². The van der Waals surface area contributed by atoms with Crippen molar-refractivity contribution < 1.29 is 9.59 Å². The predicted octanol–water partition coefficient (Wildman–Crippen LogP) is 0.951. The van der Waals surface area contributed by atoms with Crippen LogP contribution in [0, 0.1) is 0 Å². The molecule has 0 unspecified atom stereocenters. The summed E-state index contributed by atoms with van der Waals surface area (Å²) in [5.41, 5.74) is 6.50. The van der Waals surface area contributed by atoms with Gasteiger partial charge in [-0.05, 0) is 24.3 Å². The van der Waals surface area contributed by atoms with Crippen LogP contribution in [0.25, 0.3) is 0 Å². The van der Waals surface area contributed by atoms with Crippen molar-refractivity contribution in [1.29, 1.82) is 0 Å². The number of ketones is 1. The second-order valence-electron chi connectivity index (χ2n) is 2.37. The summed E-state index contributed by atoms with van der Waals surface area (Å²) < 4.78 is 0. The van der Waals surface area contributed by atoms with E-state index < -0.39 is 0 Å². The molecule has 1 radical (unpaired) electrons. The fourth-order valence-electron chi connectivity index (χ4n) is 0.837. The van der Waals surface area contributed by atoms with Gasteiger partial charge in [0.15, 0.2) is 5.78 Å². The third-order valence-electron chi connectivity index (χ3n) is 1.47. The van der Waals surface area contributed by atoms with Gasteiger partial charge in [-0.1, -0.05) is 0 Å². The summed E-state index contributed by atoms with van der Waals surface area (Å²) in [6.45, 7) is 0. The molecule has 0 aromatic heterocycles. The Morgan fingerprint density at radius 2 is 1.92 bits per heavy atom. The fourth-order valence-corrected chi connectivity index (χ4v) is 0.837. The second-order valence-corrected chi connectivity index (χ2v) is 2.37. The summed E-state index contributed by atoms with van der Waals surface area (Å²) in [7, 11) is 0. The SMILES string of the molecule is Nc1ccc(C(=O)C[C]=O)cc1. The van der Waals surface area contributed by atoms with Gasteiger partial charge in [0.2, 0.25) is 6.29 Å². The lowest BCUT2D eigenvalue weighted by molar-refractivity contribution is 0.1000. The minimum Gasteiger partial charge on any atom is -0.399 e. The summed E-state index contributed by atoms with van der Waals surface area (Å²) in [6.07, 6.45) is 1.36. The molecule has 0 heterocycles. The van der Waals surface area contributed by atoms with Gasteiger partial charge in [-0.2, -0.15) is 0 Å². The van der Waals surface area contributed by atoms with E-state index in [1.807, 2.05) is 0 Å². The zero-order valence-corrected chi connectivity index (χ0v) is 6.41. The van der Waals surface area contributed by atoms with Crippen molar-refractivity contribution >= 4 is 17.8 Å². The average Bonchev–Trinajstić information content (AvgIpc) is 2.06. The van der Waals surface area contributed by atoms with E-state index in [1.165, 1.54) is 0 Å². The number of benzene rings is 1. The number of rotatable bonds is 3. The van der Waals surface area contributed by atoms with E-state index in [2.05, 4.69) is 0 Å². The van der Waals surface area contributed by atoms with E-state index >= 15 is 0 Å². The molecular weight excluding hydrogens is 154 g/mol. The highest BCUT2D eigenvalue weighted by Gasteiger charge is 2.03. The molecule has 0 bridgehead atoms. The molecule has 1 aromatic rings. The van der Waals surface area contributed by atoms with E-state index in [0.29, 0.717) is 11.3 Å². The van der Waals surface area contributed by atoms with Crippen LogP contribution in [0.3, 0.4) is 0 Å². The third kappa shape index (κ3) is 1.92. The molecule has 3 heteroatoms. The van der Waals surface area contributed by atoms with Crippen LogP contribution in [0.2, 0.25) is 0 Å². The Balaban J connectivity index is 2.82. The maximum atomic E-state index is 11.1. The Kier molecular flexibility index (Phi) is 2.58. The molecule has 0 saturated heterocycles. The highest BCUT2D eigenvalue weighted by molar-refractivity contribution is 6.02. The number of carbonyl (C=O) groups excluding carboxylic acids is 2. The molecule has 0 aliphatic heterocycles. The average molecular weight is 162 g/mol. The first-order valence-electron chi connectivity index (χ1n) is 3.48. The minimum absolute atomic E-state index is 0.191. The van der Waals surface area contributed by atoms with E-state index in [1.54, 1.807) is 30.6 Å². The fraction of sp³-hybridized carbons (Fsp3) is 0.111. The zero-order valence-electron chi connectivity index (χ0n) is 6.41. The molecule has 12 heavy (non-hydrogen) atoms. The second kappa shape index (κ2) is 3.67. The molecule has 61 valence electrons. The molecule has 0 fully saturated rings. The lowest BCUT2D eigenvalue weighted by Crippen LogP contribution is -1.99. The first-order valence-corrected chi connectivity index (χ1v) is 3.48. The molecule has 2 N–H and O–H groups in total. The Labute approximate surface area is 70.2 Å². The minimum atomic E-state index is -0.231.